The van der Waals surface area contributed by atoms with Gasteiger partial charge in [-0.3, -0.25) is 4.79 Å². The van der Waals surface area contributed by atoms with E-state index in [2.05, 4.69) is 80.0 Å². The third-order valence-corrected chi connectivity index (χ3v) is 6.16. The SMILES string of the molecule is C/C=C(\C(=O)C(CCC)CCc1ccccc1C(C)C)C1=CC(C)CC(Br)=C1. The van der Waals surface area contributed by atoms with E-state index in [1.165, 1.54) is 15.6 Å². The molecule has 0 heterocycles. The van der Waals surface area contributed by atoms with Gasteiger partial charge in [-0.2, -0.15) is 0 Å². The number of rotatable bonds is 9. The predicted octanol–water partition coefficient (Wildman–Crippen LogP) is 7.92. The molecule has 2 rings (SSSR count). The van der Waals surface area contributed by atoms with E-state index in [0.29, 0.717) is 17.6 Å². The topological polar surface area (TPSA) is 17.1 Å². The van der Waals surface area contributed by atoms with Gasteiger partial charge >= 0.3 is 0 Å². The zero-order valence-corrected chi connectivity index (χ0v) is 19.7. The van der Waals surface area contributed by atoms with Crippen LogP contribution in [0.4, 0.5) is 0 Å². The number of halogens is 1. The van der Waals surface area contributed by atoms with Crippen LogP contribution in [0.1, 0.15) is 77.3 Å². The highest BCUT2D eigenvalue weighted by Crippen LogP contribution is 2.32. The molecule has 1 aromatic rings. The summed E-state index contributed by atoms with van der Waals surface area (Å²) in [6, 6.07) is 8.69. The Morgan fingerprint density at radius 1 is 1.25 bits per heavy atom. The Balaban J connectivity index is 2.20. The number of Topliss-reactive ketones (excluding diaryl/α,β-unsaturated/α-hetero) is 1. The zero-order chi connectivity index (χ0) is 20.7. The average Bonchev–Trinajstić information content (AvgIpc) is 2.65. The molecule has 0 bridgehead atoms. The number of carbonyl (C=O) groups excluding carboxylic acids is 1. The quantitative estimate of drug-likeness (QED) is 0.354. The van der Waals surface area contributed by atoms with E-state index in [-0.39, 0.29) is 5.92 Å². The Bertz CT molecular complexity index is 766. The number of hydrogen-bond acceptors (Lipinski definition) is 1. The third-order valence-electron chi connectivity index (χ3n) is 5.61. The van der Waals surface area contributed by atoms with Crippen LogP contribution in [0.3, 0.4) is 0 Å². The van der Waals surface area contributed by atoms with Crippen molar-refractivity contribution in [2.45, 2.75) is 72.6 Å². The van der Waals surface area contributed by atoms with Crippen molar-refractivity contribution in [2.24, 2.45) is 11.8 Å². The first kappa shape index (κ1) is 22.9. The fourth-order valence-electron chi connectivity index (χ4n) is 4.20. The van der Waals surface area contributed by atoms with Crippen LogP contribution in [0.5, 0.6) is 0 Å². The minimum atomic E-state index is 0.0849. The standard InChI is InChI=1S/C26H35BrO/c1-6-10-21(14-13-20-11-8-9-12-25(20)18(3)4)26(28)24(7-2)22-15-19(5)16-23(27)17-22/h7-9,11-12,15,17-19,21H,6,10,13-14,16H2,1-5H3/b24-7-. The van der Waals surface area contributed by atoms with Gasteiger partial charge < -0.3 is 0 Å². The zero-order valence-electron chi connectivity index (χ0n) is 18.1. The molecule has 1 aromatic carbocycles. The van der Waals surface area contributed by atoms with Crippen LogP contribution in [-0.4, -0.2) is 5.78 Å². The molecule has 0 aliphatic heterocycles. The van der Waals surface area contributed by atoms with E-state index in [1.54, 1.807) is 0 Å². The number of hydrogen-bond donors (Lipinski definition) is 0. The number of ketones is 1. The molecule has 0 saturated heterocycles. The molecule has 28 heavy (non-hydrogen) atoms. The van der Waals surface area contributed by atoms with E-state index in [1.807, 2.05) is 13.0 Å². The fraction of sp³-hybridized carbons (Fsp3) is 0.500. The van der Waals surface area contributed by atoms with E-state index < -0.39 is 0 Å². The number of benzene rings is 1. The smallest absolute Gasteiger partial charge is 0.166 e. The lowest BCUT2D eigenvalue weighted by atomic mass is 9.82. The summed E-state index contributed by atoms with van der Waals surface area (Å²) < 4.78 is 1.18. The molecule has 0 aromatic heterocycles. The van der Waals surface area contributed by atoms with E-state index in [9.17, 15) is 4.79 Å². The first-order valence-corrected chi connectivity index (χ1v) is 11.5. The van der Waals surface area contributed by atoms with Crippen LogP contribution in [0.25, 0.3) is 0 Å². The average molecular weight is 443 g/mol. The Labute approximate surface area is 180 Å². The molecule has 1 nitrogen and oxygen atoms in total. The Kier molecular flexibility index (Phi) is 8.95. The van der Waals surface area contributed by atoms with Gasteiger partial charge in [0.15, 0.2) is 5.78 Å². The maximum Gasteiger partial charge on any atom is 0.166 e. The van der Waals surface area contributed by atoms with Crippen molar-refractivity contribution < 1.29 is 4.79 Å². The molecule has 0 N–H and O–H groups in total. The summed E-state index contributed by atoms with van der Waals surface area (Å²) in [5.41, 5.74) is 4.77. The molecule has 1 aliphatic rings. The summed E-state index contributed by atoms with van der Waals surface area (Å²) in [5, 5.41) is 0. The normalized spacial score (nSPS) is 18.7. The third kappa shape index (κ3) is 6.04. The monoisotopic (exact) mass is 442 g/mol. The van der Waals surface area contributed by atoms with E-state index in [4.69, 9.17) is 0 Å². The second-order valence-electron chi connectivity index (χ2n) is 8.34. The Morgan fingerprint density at radius 3 is 2.57 bits per heavy atom. The molecular formula is C26H35BrO. The second kappa shape index (κ2) is 11.0. The summed E-state index contributed by atoms with van der Waals surface area (Å²) in [7, 11) is 0. The molecule has 2 atom stereocenters. The lowest BCUT2D eigenvalue weighted by molar-refractivity contribution is -0.119. The van der Waals surface area contributed by atoms with Crippen molar-refractivity contribution in [1.29, 1.82) is 0 Å². The molecule has 0 radical (unpaired) electrons. The highest BCUT2D eigenvalue weighted by Gasteiger charge is 2.24. The maximum atomic E-state index is 13.5. The summed E-state index contributed by atoms with van der Waals surface area (Å²) >= 11 is 3.65. The molecule has 0 spiro atoms. The van der Waals surface area contributed by atoms with Gasteiger partial charge in [0.05, 0.1) is 0 Å². The minimum absolute atomic E-state index is 0.0849. The minimum Gasteiger partial charge on any atom is -0.294 e. The van der Waals surface area contributed by atoms with Crippen molar-refractivity contribution in [3.63, 3.8) is 0 Å². The molecule has 152 valence electrons. The molecule has 1 aliphatic carbocycles. The Hall–Kier alpha value is -1.41. The fourth-order valence-corrected chi connectivity index (χ4v) is 4.95. The number of carbonyl (C=O) groups is 1. The summed E-state index contributed by atoms with van der Waals surface area (Å²) in [4.78, 5) is 13.5. The molecular weight excluding hydrogens is 408 g/mol. The molecule has 0 amide bonds. The molecule has 0 saturated carbocycles. The molecule has 2 unspecified atom stereocenters. The summed E-state index contributed by atoms with van der Waals surface area (Å²) in [6.45, 7) is 10.9. The highest BCUT2D eigenvalue weighted by molar-refractivity contribution is 9.11. The Morgan fingerprint density at radius 2 is 1.96 bits per heavy atom. The van der Waals surface area contributed by atoms with Crippen LogP contribution in [0.15, 0.2) is 58.1 Å². The lowest BCUT2D eigenvalue weighted by Gasteiger charge is -2.22. The van der Waals surface area contributed by atoms with Crippen LogP contribution in [0.2, 0.25) is 0 Å². The van der Waals surface area contributed by atoms with Gasteiger partial charge in [0, 0.05) is 11.5 Å². The molecule has 0 fully saturated rings. The predicted molar refractivity (Wildman–Crippen MR) is 125 cm³/mol. The maximum absolute atomic E-state index is 13.5. The van der Waals surface area contributed by atoms with Crippen molar-refractivity contribution in [3.05, 3.63) is 69.2 Å². The van der Waals surface area contributed by atoms with Crippen LogP contribution in [0, 0.1) is 11.8 Å². The van der Waals surface area contributed by atoms with Gasteiger partial charge in [-0.1, -0.05) is 86.5 Å². The number of aryl methyl sites for hydroxylation is 1. The second-order valence-corrected chi connectivity index (χ2v) is 9.36. The van der Waals surface area contributed by atoms with E-state index >= 15 is 0 Å². The van der Waals surface area contributed by atoms with Gasteiger partial charge in [0.25, 0.3) is 0 Å². The first-order valence-electron chi connectivity index (χ1n) is 10.7. The van der Waals surface area contributed by atoms with E-state index in [0.717, 1.165) is 43.3 Å². The van der Waals surface area contributed by atoms with Crippen LogP contribution >= 0.6 is 15.9 Å². The van der Waals surface area contributed by atoms with Crippen molar-refractivity contribution >= 4 is 21.7 Å². The van der Waals surface area contributed by atoms with Gasteiger partial charge in [-0.15, -0.1) is 0 Å². The highest BCUT2D eigenvalue weighted by atomic mass is 79.9. The van der Waals surface area contributed by atoms with Crippen LogP contribution in [-0.2, 0) is 11.2 Å². The van der Waals surface area contributed by atoms with Gasteiger partial charge in [0.1, 0.15) is 0 Å². The summed E-state index contributed by atoms with van der Waals surface area (Å²) in [5.74, 6) is 1.36. The van der Waals surface area contributed by atoms with Gasteiger partial charge in [0.2, 0.25) is 0 Å². The van der Waals surface area contributed by atoms with Gasteiger partial charge in [-0.25, -0.2) is 0 Å². The summed E-state index contributed by atoms with van der Waals surface area (Å²) in [6.07, 6.45) is 11.3. The van der Waals surface area contributed by atoms with Gasteiger partial charge in [-0.05, 0) is 71.7 Å². The van der Waals surface area contributed by atoms with Crippen molar-refractivity contribution in [3.8, 4) is 0 Å². The van der Waals surface area contributed by atoms with Crippen molar-refractivity contribution in [2.75, 3.05) is 0 Å². The molecule has 2 heteroatoms. The van der Waals surface area contributed by atoms with Crippen LogP contribution < -0.4 is 0 Å². The first-order chi connectivity index (χ1) is 13.4. The van der Waals surface area contributed by atoms with Crippen molar-refractivity contribution in [1.82, 2.24) is 0 Å². The number of allylic oxidation sites excluding steroid dienone is 6. The lowest BCUT2D eigenvalue weighted by Crippen LogP contribution is -2.19. The largest absolute Gasteiger partial charge is 0.294 e.